The van der Waals surface area contributed by atoms with E-state index in [1.807, 2.05) is 0 Å². The topological polar surface area (TPSA) is 113 Å². The fourth-order valence-corrected chi connectivity index (χ4v) is 3.03. The van der Waals surface area contributed by atoms with Gasteiger partial charge in [-0.3, -0.25) is 4.79 Å². The third kappa shape index (κ3) is 4.10. The quantitative estimate of drug-likeness (QED) is 0.317. The van der Waals surface area contributed by atoms with Crippen LogP contribution in [0.25, 0.3) is 0 Å². The number of benzene rings is 1. The number of carbonyl (C=O) groups excluding carboxylic acids is 1. The molecule has 138 valence electrons. The molecule has 0 aliphatic heterocycles. The third-order valence-electron chi connectivity index (χ3n) is 4.22. The maximum atomic E-state index is 13.2. The molecule has 0 spiro atoms. The highest BCUT2D eigenvalue weighted by Gasteiger charge is 2.24. The molecular formula is C16H17ClFN5O3. The lowest BCUT2D eigenvalue weighted by Crippen LogP contribution is -2.30. The summed E-state index contributed by atoms with van der Waals surface area (Å²) in [6, 6.07) is 3.92. The minimum absolute atomic E-state index is 0.0174. The van der Waals surface area contributed by atoms with Crippen LogP contribution >= 0.6 is 11.6 Å². The van der Waals surface area contributed by atoms with E-state index >= 15 is 0 Å². The first-order chi connectivity index (χ1) is 12.6. The number of amides is 1. The molecule has 1 amide bonds. The lowest BCUT2D eigenvalue weighted by Gasteiger charge is -2.10. The Bertz CT molecular complexity index is 820. The van der Waals surface area contributed by atoms with Crippen LogP contribution in [-0.2, 0) is 11.3 Å². The Hall–Kier alpha value is -2.68. The maximum absolute atomic E-state index is 13.2. The zero-order chi connectivity index (χ0) is 18.5. The number of nitrogens with zero attached hydrogens (tertiary/aromatic N) is 3. The van der Waals surface area contributed by atoms with Crippen LogP contribution in [0.2, 0.25) is 5.02 Å². The van der Waals surface area contributed by atoms with Crippen LogP contribution < -0.4 is 10.6 Å². The van der Waals surface area contributed by atoms with Gasteiger partial charge in [0.25, 0.3) is 0 Å². The summed E-state index contributed by atoms with van der Waals surface area (Å²) in [5.74, 6) is -0.668. The van der Waals surface area contributed by atoms with E-state index in [0.29, 0.717) is 11.4 Å². The number of hydrogen-bond acceptors (Lipinski definition) is 6. The van der Waals surface area contributed by atoms with Gasteiger partial charge in [0.2, 0.25) is 11.7 Å². The summed E-state index contributed by atoms with van der Waals surface area (Å²) in [5, 5.41) is 25.3. The van der Waals surface area contributed by atoms with Gasteiger partial charge in [-0.25, -0.2) is 9.02 Å². The van der Waals surface area contributed by atoms with E-state index < -0.39 is 5.82 Å². The number of nitrogens with one attached hydrogen (secondary N) is 2. The molecule has 0 atom stereocenters. The highest BCUT2D eigenvalue weighted by atomic mass is 35.5. The van der Waals surface area contributed by atoms with Crippen molar-refractivity contribution in [1.29, 1.82) is 0 Å². The van der Waals surface area contributed by atoms with Crippen molar-refractivity contribution in [3.8, 4) is 0 Å². The van der Waals surface area contributed by atoms with E-state index in [4.69, 9.17) is 16.2 Å². The van der Waals surface area contributed by atoms with Crippen molar-refractivity contribution in [1.82, 2.24) is 15.6 Å². The normalized spacial score (nSPS) is 15.2. The number of rotatable bonds is 5. The predicted octanol–water partition coefficient (Wildman–Crippen LogP) is 2.92. The molecule has 1 saturated carbocycles. The van der Waals surface area contributed by atoms with Crippen molar-refractivity contribution >= 4 is 29.0 Å². The number of amidine groups is 1. The van der Waals surface area contributed by atoms with Gasteiger partial charge in [0.15, 0.2) is 5.69 Å². The molecule has 1 aromatic carbocycles. The SMILES string of the molecule is O=C(NCc1nonc1/C(=N\O)Nc1ccc(F)c(Cl)c1)C1CCCC1. The lowest BCUT2D eigenvalue weighted by molar-refractivity contribution is -0.125. The van der Waals surface area contributed by atoms with Crippen LogP contribution in [0.4, 0.5) is 10.1 Å². The van der Waals surface area contributed by atoms with Crippen LogP contribution in [0.3, 0.4) is 0 Å². The molecule has 0 saturated heterocycles. The largest absolute Gasteiger partial charge is 0.409 e. The zero-order valence-electron chi connectivity index (χ0n) is 13.7. The van der Waals surface area contributed by atoms with Crippen molar-refractivity contribution in [3.05, 3.63) is 40.4 Å². The monoisotopic (exact) mass is 381 g/mol. The van der Waals surface area contributed by atoms with E-state index in [-0.39, 0.29) is 34.9 Å². The van der Waals surface area contributed by atoms with Gasteiger partial charge in [0.05, 0.1) is 11.6 Å². The van der Waals surface area contributed by atoms with E-state index in [0.717, 1.165) is 25.7 Å². The molecule has 3 rings (SSSR count). The van der Waals surface area contributed by atoms with Crippen molar-refractivity contribution in [2.24, 2.45) is 11.1 Å². The summed E-state index contributed by atoms with van der Waals surface area (Å²) in [4.78, 5) is 12.1. The summed E-state index contributed by atoms with van der Waals surface area (Å²) < 4.78 is 17.9. The van der Waals surface area contributed by atoms with Gasteiger partial charge in [-0.2, -0.15) is 0 Å². The summed E-state index contributed by atoms with van der Waals surface area (Å²) in [7, 11) is 0. The molecule has 1 aliphatic rings. The Kier molecular flexibility index (Phi) is 5.67. The number of aromatic nitrogens is 2. The Morgan fingerprint density at radius 3 is 2.85 bits per heavy atom. The number of halogens is 2. The first-order valence-electron chi connectivity index (χ1n) is 8.12. The maximum Gasteiger partial charge on any atom is 0.223 e. The van der Waals surface area contributed by atoms with Crippen molar-refractivity contribution in [2.45, 2.75) is 32.2 Å². The Labute approximate surface area is 153 Å². The number of hydrogen-bond donors (Lipinski definition) is 3. The molecule has 1 fully saturated rings. The molecule has 8 nitrogen and oxygen atoms in total. The van der Waals surface area contributed by atoms with Crippen molar-refractivity contribution < 1.29 is 19.0 Å². The van der Waals surface area contributed by atoms with Crippen LogP contribution in [0.1, 0.15) is 37.1 Å². The van der Waals surface area contributed by atoms with E-state index in [1.165, 1.54) is 18.2 Å². The van der Waals surface area contributed by atoms with Gasteiger partial charge in [0.1, 0.15) is 11.5 Å². The van der Waals surface area contributed by atoms with Crippen LogP contribution in [0.5, 0.6) is 0 Å². The first kappa shape index (κ1) is 18.1. The van der Waals surface area contributed by atoms with Crippen LogP contribution in [-0.4, -0.2) is 27.3 Å². The minimum atomic E-state index is -0.571. The summed E-state index contributed by atoms with van der Waals surface area (Å²) >= 11 is 5.73. The molecule has 0 unspecified atom stereocenters. The zero-order valence-corrected chi connectivity index (χ0v) is 14.5. The number of anilines is 1. The highest BCUT2D eigenvalue weighted by Crippen LogP contribution is 2.25. The Morgan fingerprint density at radius 1 is 1.38 bits per heavy atom. The highest BCUT2D eigenvalue weighted by molar-refractivity contribution is 6.31. The van der Waals surface area contributed by atoms with Gasteiger partial charge in [-0.15, -0.1) is 0 Å². The molecule has 1 heterocycles. The van der Waals surface area contributed by atoms with E-state index in [9.17, 15) is 14.4 Å². The standard InChI is InChI=1S/C16H17ClFN5O3/c17-11-7-10(5-6-12(11)18)20-15(21-25)14-13(22-26-23-14)8-19-16(24)9-3-1-2-4-9/h5-7,9,25H,1-4,8H2,(H,19,24)(H,20,21). The van der Waals surface area contributed by atoms with Crippen LogP contribution in [0.15, 0.2) is 28.0 Å². The molecule has 0 radical (unpaired) electrons. The smallest absolute Gasteiger partial charge is 0.223 e. The summed E-state index contributed by atoms with van der Waals surface area (Å²) in [5.41, 5.74) is 0.803. The lowest BCUT2D eigenvalue weighted by atomic mass is 10.1. The average Bonchev–Trinajstić information content (AvgIpc) is 3.32. The minimum Gasteiger partial charge on any atom is -0.409 e. The van der Waals surface area contributed by atoms with E-state index in [1.54, 1.807) is 0 Å². The van der Waals surface area contributed by atoms with Gasteiger partial charge in [-0.1, -0.05) is 34.8 Å². The molecule has 3 N–H and O–H groups in total. The van der Waals surface area contributed by atoms with Gasteiger partial charge in [0, 0.05) is 11.6 Å². The Morgan fingerprint density at radius 2 is 2.15 bits per heavy atom. The number of carbonyl (C=O) groups is 1. The summed E-state index contributed by atoms with van der Waals surface area (Å²) in [6.45, 7) is 0.0824. The van der Waals surface area contributed by atoms with Gasteiger partial charge in [-0.05, 0) is 36.2 Å². The fraction of sp³-hybridized carbons (Fsp3) is 0.375. The molecular weight excluding hydrogens is 365 g/mol. The molecule has 1 aromatic heterocycles. The first-order valence-corrected chi connectivity index (χ1v) is 8.50. The Balaban J connectivity index is 1.68. The van der Waals surface area contributed by atoms with Gasteiger partial charge < -0.3 is 15.8 Å². The third-order valence-corrected chi connectivity index (χ3v) is 4.51. The van der Waals surface area contributed by atoms with E-state index in [2.05, 4.69) is 26.1 Å². The summed E-state index contributed by atoms with van der Waals surface area (Å²) in [6.07, 6.45) is 3.87. The van der Waals surface area contributed by atoms with Gasteiger partial charge >= 0.3 is 0 Å². The fourth-order valence-electron chi connectivity index (χ4n) is 2.85. The molecule has 1 aliphatic carbocycles. The van der Waals surface area contributed by atoms with Crippen molar-refractivity contribution in [2.75, 3.05) is 5.32 Å². The second kappa shape index (κ2) is 8.13. The van der Waals surface area contributed by atoms with Crippen molar-refractivity contribution in [3.63, 3.8) is 0 Å². The molecule has 0 bridgehead atoms. The molecule has 26 heavy (non-hydrogen) atoms. The predicted molar refractivity (Wildman–Crippen MR) is 91.5 cm³/mol. The number of oxime groups is 1. The molecule has 10 heteroatoms. The molecule has 2 aromatic rings. The average molecular weight is 382 g/mol. The van der Waals surface area contributed by atoms with Crippen LogP contribution in [0, 0.1) is 11.7 Å². The second-order valence-electron chi connectivity index (χ2n) is 5.96. The second-order valence-corrected chi connectivity index (χ2v) is 6.37.